The van der Waals surface area contributed by atoms with Gasteiger partial charge in [0, 0.05) is 40.3 Å². The first kappa shape index (κ1) is 19.2. The Balaban J connectivity index is 1.29. The maximum atomic E-state index is 12.3. The highest BCUT2D eigenvalue weighted by Crippen LogP contribution is 2.42. The maximum absolute atomic E-state index is 12.3. The Labute approximate surface area is 183 Å². The van der Waals surface area contributed by atoms with E-state index in [2.05, 4.69) is 37.2 Å². The second-order valence-corrected chi connectivity index (χ2v) is 8.73. The molecule has 8 heteroatoms. The van der Waals surface area contributed by atoms with Gasteiger partial charge in [0.2, 0.25) is 5.91 Å². The molecule has 0 atom stereocenters. The molecule has 1 fully saturated rings. The third-order valence-corrected chi connectivity index (χ3v) is 6.34. The lowest BCUT2D eigenvalue weighted by molar-refractivity contribution is -0.118. The summed E-state index contributed by atoms with van der Waals surface area (Å²) in [5.41, 5.74) is 3.14. The van der Waals surface area contributed by atoms with Gasteiger partial charge in [-0.15, -0.1) is 10.2 Å². The van der Waals surface area contributed by atoms with Gasteiger partial charge in [0.15, 0.2) is 11.0 Å². The number of carbonyl (C=O) groups excluding carboxylic acids is 1. The zero-order chi connectivity index (χ0) is 20.5. The summed E-state index contributed by atoms with van der Waals surface area (Å²) >= 11 is 7.33. The van der Waals surface area contributed by atoms with Crippen LogP contribution >= 0.6 is 23.4 Å². The molecule has 2 aromatic carbocycles. The van der Waals surface area contributed by atoms with Gasteiger partial charge in [0.1, 0.15) is 0 Å². The molecule has 1 amide bonds. The smallest absolute Gasteiger partial charge is 0.230 e. The zero-order valence-corrected chi connectivity index (χ0v) is 17.7. The van der Waals surface area contributed by atoms with Crippen molar-refractivity contribution in [2.45, 2.75) is 30.6 Å². The molecule has 1 saturated carbocycles. The van der Waals surface area contributed by atoms with Gasteiger partial charge >= 0.3 is 0 Å². The van der Waals surface area contributed by atoms with Crippen molar-refractivity contribution in [1.29, 1.82) is 0 Å². The van der Waals surface area contributed by atoms with Crippen molar-refractivity contribution in [3.05, 3.63) is 65.3 Å². The van der Waals surface area contributed by atoms with Crippen molar-refractivity contribution in [3.63, 3.8) is 0 Å². The monoisotopic (exact) mass is 437 g/mol. The molecule has 2 aromatic heterocycles. The van der Waals surface area contributed by atoms with Crippen molar-refractivity contribution in [3.8, 4) is 11.4 Å². The Hall–Kier alpha value is -2.77. The van der Waals surface area contributed by atoms with E-state index in [1.54, 1.807) is 0 Å². The number of hydrogen-bond donors (Lipinski definition) is 2. The Morgan fingerprint density at radius 1 is 1.17 bits per heavy atom. The number of H-pyrrole nitrogens is 1. The number of benzene rings is 2. The Kier molecular flexibility index (Phi) is 5.23. The van der Waals surface area contributed by atoms with E-state index < -0.39 is 0 Å². The summed E-state index contributed by atoms with van der Waals surface area (Å²) in [4.78, 5) is 15.7. The first-order chi connectivity index (χ1) is 14.7. The van der Waals surface area contributed by atoms with Crippen molar-refractivity contribution < 1.29 is 4.79 Å². The largest absolute Gasteiger partial charge is 0.360 e. The molecule has 0 radical (unpaired) electrons. The SMILES string of the molecule is O=C(CSc1nnc(-c2c[nH]c3ccccc23)n1C1CC1)NCc1ccc(Cl)cc1. The molecular weight excluding hydrogens is 418 g/mol. The van der Waals surface area contributed by atoms with Crippen LogP contribution in [0.15, 0.2) is 59.9 Å². The van der Waals surface area contributed by atoms with E-state index in [1.165, 1.54) is 11.8 Å². The Morgan fingerprint density at radius 3 is 2.77 bits per heavy atom. The fourth-order valence-electron chi connectivity index (χ4n) is 3.46. The molecule has 6 nitrogen and oxygen atoms in total. The van der Waals surface area contributed by atoms with Gasteiger partial charge in [0.25, 0.3) is 0 Å². The van der Waals surface area contributed by atoms with Crippen LogP contribution in [-0.2, 0) is 11.3 Å². The molecule has 30 heavy (non-hydrogen) atoms. The standard InChI is InChI=1S/C22H20ClN5OS/c23-15-7-5-14(6-8-15)11-25-20(29)13-30-22-27-26-21(28(22)16-9-10-16)18-12-24-19-4-2-1-3-17(18)19/h1-8,12,16,24H,9-11,13H2,(H,25,29). The quantitative estimate of drug-likeness (QED) is 0.406. The number of para-hydroxylation sites is 1. The molecule has 2 N–H and O–H groups in total. The molecule has 1 aliphatic carbocycles. The summed E-state index contributed by atoms with van der Waals surface area (Å²) in [6, 6.07) is 16.0. The highest BCUT2D eigenvalue weighted by molar-refractivity contribution is 7.99. The van der Waals surface area contributed by atoms with Crippen LogP contribution in [0.25, 0.3) is 22.3 Å². The van der Waals surface area contributed by atoms with Gasteiger partial charge in [-0.2, -0.15) is 0 Å². The molecule has 5 rings (SSSR count). The van der Waals surface area contributed by atoms with E-state index >= 15 is 0 Å². The summed E-state index contributed by atoms with van der Waals surface area (Å²) in [7, 11) is 0. The lowest BCUT2D eigenvalue weighted by atomic mass is 10.1. The van der Waals surface area contributed by atoms with Gasteiger partial charge in [-0.1, -0.05) is 53.7 Å². The van der Waals surface area contributed by atoms with Crippen molar-refractivity contribution in [2.75, 3.05) is 5.75 Å². The number of nitrogens with one attached hydrogen (secondary N) is 2. The normalized spacial score (nSPS) is 13.6. The number of halogens is 1. The van der Waals surface area contributed by atoms with Gasteiger partial charge < -0.3 is 10.3 Å². The van der Waals surface area contributed by atoms with Gasteiger partial charge in [0.05, 0.1) is 5.75 Å². The number of aromatic nitrogens is 4. The van der Waals surface area contributed by atoms with Crippen LogP contribution < -0.4 is 5.32 Å². The van der Waals surface area contributed by atoms with E-state index in [0.29, 0.717) is 23.4 Å². The van der Waals surface area contributed by atoms with Crippen molar-refractivity contribution in [1.82, 2.24) is 25.1 Å². The average molecular weight is 438 g/mol. The van der Waals surface area contributed by atoms with E-state index in [4.69, 9.17) is 11.6 Å². The highest BCUT2D eigenvalue weighted by Gasteiger charge is 2.31. The van der Waals surface area contributed by atoms with Gasteiger partial charge in [-0.3, -0.25) is 9.36 Å². The number of hydrogen-bond acceptors (Lipinski definition) is 4. The van der Waals surface area contributed by atoms with E-state index in [-0.39, 0.29) is 5.91 Å². The number of nitrogens with zero attached hydrogens (tertiary/aromatic N) is 3. The van der Waals surface area contributed by atoms with E-state index in [9.17, 15) is 4.79 Å². The minimum atomic E-state index is -0.0334. The second kappa shape index (κ2) is 8.16. The molecular formula is C22H20ClN5OS. The van der Waals surface area contributed by atoms with Crippen LogP contribution in [-0.4, -0.2) is 31.4 Å². The molecule has 1 aliphatic rings. The number of fused-ring (bicyclic) bond motifs is 1. The average Bonchev–Trinajstić information content (AvgIpc) is 3.37. The maximum Gasteiger partial charge on any atom is 0.230 e. The number of carbonyl (C=O) groups is 1. The first-order valence-corrected chi connectivity index (χ1v) is 11.2. The molecule has 2 heterocycles. The molecule has 0 spiro atoms. The summed E-state index contributed by atoms with van der Waals surface area (Å²) in [6.07, 6.45) is 4.22. The number of thioether (sulfide) groups is 1. The topological polar surface area (TPSA) is 75.6 Å². The third-order valence-electron chi connectivity index (χ3n) is 5.14. The molecule has 152 valence electrons. The van der Waals surface area contributed by atoms with E-state index in [0.717, 1.165) is 45.9 Å². The van der Waals surface area contributed by atoms with Gasteiger partial charge in [-0.05, 0) is 36.6 Å². The number of aromatic amines is 1. The molecule has 0 unspecified atom stereocenters. The van der Waals surface area contributed by atoms with Crippen LogP contribution in [0.5, 0.6) is 0 Å². The van der Waals surface area contributed by atoms with Crippen LogP contribution in [0.1, 0.15) is 24.4 Å². The van der Waals surface area contributed by atoms with Crippen LogP contribution in [0, 0.1) is 0 Å². The molecule has 0 saturated heterocycles. The fourth-order valence-corrected chi connectivity index (χ4v) is 4.42. The number of amides is 1. The van der Waals surface area contributed by atoms with Crippen LogP contribution in [0.4, 0.5) is 0 Å². The van der Waals surface area contributed by atoms with Crippen LogP contribution in [0.2, 0.25) is 5.02 Å². The Morgan fingerprint density at radius 2 is 1.97 bits per heavy atom. The highest BCUT2D eigenvalue weighted by atomic mass is 35.5. The second-order valence-electron chi connectivity index (χ2n) is 7.35. The predicted molar refractivity (Wildman–Crippen MR) is 120 cm³/mol. The predicted octanol–water partition coefficient (Wildman–Crippen LogP) is 4.82. The first-order valence-electron chi connectivity index (χ1n) is 9.84. The van der Waals surface area contributed by atoms with Gasteiger partial charge in [-0.25, -0.2) is 0 Å². The third kappa shape index (κ3) is 3.95. The summed E-state index contributed by atoms with van der Waals surface area (Å²) in [6.45, 7) is 0.479. The summed E-state index contributed by atoms with van der Waals surface area (Å²) in [5, 5.41) is 14.4. The van der Waals surface area contributed by atoms with E-state index in [1.807, 2.05) is 42.6 Å². The minimum Gasteiger partial charge on any atom is -0.360 e. The zero-order valence-electron chi connectivity index (χ0n) is 16.1. The fraction of sp³-hybridized carbons (Fsp3) is 0.227. The molecule has 0 bridgehead atoms. The van der Waals surface area contributed by atoms with Crippen LogP contribution in [0.3, 0.4) is 0 Å². The number of rotatable bonds is 7. The van der Waals surface area contributed by atoms with Crippen molar-refractivity contribution in [2.24, 2.45) is 0 Å². The van der Waals surface area contributed by atoms with Crippen molar-refractivity contribution >= 4 is 40.2 Å². The summed E-state index contributed by atoms with van der Waals surface area (Å²) < 4.78 is 2.19. The lowest BCUT2D eigenvalue weighted by Crippen LogP contribution is -2.24. The summed E-state index contributed by atoms with van der Waals surface area (Å²) in [5.74, 6) is 1.12. The molecule has 4 aromatic rings. The minimum absolute atomic E-state index is 0.0334. The molecule has 0 aliphatic heterocycles. The Bertz CT molecular complexity index is 1200. The lowest BCUT2D eigenvalue weighted by Gasteiger charge is -2.09.